The SMILES string of the molecule is COc1ccc(COC[C@H](O)/C=C/[C@@H](COCc2ccccc2)CC(=O)N(C)C)cc1. The number of nitrogens with zero attached hydrogens (tertiary/aromatic N) is 1. The first-order valence-corrected chi connectivity index (χ1v) is 10.4. The van der Waals surface area contributed by atoms with Crippen molar-refractivity contribution in [2.24, 2.45) is 5.92 Å². The molecular weight excluding hydrogens is 394 g/mol. The molecule has 0 radical (unpaired) electrons. The molecule has 2 atom stereocenters. The first kappa shape index (κ1) is 24.6. The van der Waals surface area contributed by atoms with Crippen LogP contribution in [-0.2, 0) is 27.5 Å². The van der Waals surface area contributed by atoms with Crippen molar-refractivity contribution in [3.8, 4) is 5.75 Å². The lowest BCUT2D eigenvalue weighted by molar-refractivity contribution is -0.129. The lowest BCUT2D eigenvalue weighted by atomic mass is 10.0. The molecule has 0 saturated carbocycles. The second-order valence-corrected chi connectivity index (χ2v) is 7.57. The molecule has 2 aromatic rings. The van der Waals surface area contributed by atoms with Crippen LogP contribution in [0.2, 0.25) is 0 Å². The van der Waals surface area contributed by atoms with E-state index in [9.17, 15) is 9.90 Å². The van der Waals surface area contributed by atoms with Crippen LogP contribution in [0.5, 0.6) is 5.75 Å². The Labute approximate surface area is 185 Å². The zero-order valence-electron chi connectivity index (χ0n) is 18.6. The van der Waals surface area contributed by atoms with Crippen LogP contribution in [0, 0.1) is 5.92 Å². The van der Waals surface area contributed by atoms with E-state index < -0.39 is 6.10 Å². The molecule has 1 amide bonds. The maximum absolute atomic E-state index is 12.1. The van der Waals surface area contributed by atoms with Crippen molar-refractivity contribution in [2.45, 2.75) is 25.7 Å². The normalized spacial score (nSPS) is 13.2. The molecule has 1 N–H and O–H groups in total. The van der Waals surface area contributed by atoms with E-state index in [4.69, 9.17) is 14.2 Å². The van der Waals surface area contributed by atoms with Gasteiger partial charge in [0.1, 0.15) is 5.75 Å². The third-order valence-electron chi connectivity index (χ3n) is 4.70. The summed E-state index contributed by atoms with van der Waals surface area (Å²) < 4.78 is 16.5. The largest absolute Gasteiger partial charge is 0.497 e. The van der Waals surface area contributed by atoms with Crippen molar-refractivity contribution < 1.29 is 24.1 Å². The number of methoxy groups -OCH3 is 1. The van der Waals surface area contributed by atoms with Gasteiger partial charge in [-0.2, -0.15) is 0 Å². The van der Waals surface area contributed by atoms with Crippen LogP contribution in [0.25, 0.3) is 0 Å². The number of benzene rings is 2. The maximum atomic E-state index is 12.1. The predicted molar refractivity (Wildman–Crippen MR) is 121 cm³/mol. The molecule has 0 saturated heterocycles. The predicted octanol–water partition coefficient (Wildman–Crippen LogP) is 3.44. The highest BCUT2D eigenvalue weighted by Crippen LogP contribution is 2.13. The Kier molecular flexibility index (Phi) is 10.8. The van der Waals surface area contributed by atoms with Gasteiger partial charge >= 0.3 is 0 Å². The van der Waals surface area contributed by atoms with E-state index in [1.807, 2.05) is 60.7 Å². The van der Waals surface area contributed by atoms with Crippen LogP contribution in [0.4, 0.5) is 0 Å². The lowest BCUT2D eigenvalue weighted by Crippen LogP contribution is -2.25. The highest BCUT2D eigenvalue weighted by Gasteiger charge is 2.14. The minimum Gasteiger partial charge on any atom is -0.497 e. The van der Waals surface area contributed by atoms with Crippen molar-refractivity contribution in [3.05, 3.63) is 77.9 Å². The summed E-state index contributed by atoms with van der Waals surface area (Å²) in [5.74, 6) is 0.678. The Morgan fingerprint density at radius 3 is 2.16 bits per heavy atom. The van der Waals surface area contributed by atoms with Crippen molar-refractivity contribution >= 4 is 5.91 Å². The number of hydrogen-bond acceptors (Lipinski definition) is 5. The molecule has 0 aliphatic rings. The quantitative estimate of drug-likeness (QED) is 0.496. The zero-order valence-corrected chi connectivity index (χ0v) is 18.6. The molecule has 0 unspecified atom stereocenters. The first-order chi connectivity index (χ1) is 15.0. The third kappa shape index (κ3) is 9.79. The van der Waals surface area contributed by atoms with Gasteiger partial charge in [-0.3, -0.25) is 4.79 Å². The number of carbonyl (C=O) groups excluding carboxylic acids is 1. The van der Waals surface area contributed by atoms with Gasteiger partial charge in [0.2, 0.25) is 5.91 Å². The van der Waals surface area contributed by atoms with Gasteiger partial charge in [-0.25, -0.2) is 0 Å². The minimum atomic E-state index is -0.760. The molecule has 0 spiro atoms. The van der Waals surface area contributed by atoms with Gasteiger partial charge in [0, 0.05) is 26.4 Å². The van der Waals surface area contributed by atoms with Crippen molar-refractivity contribution in [1.29, 1.82) is 0 Å². The van der Waals surface area contributed by atoms with Gasteiger partial charge < -0.3 is 24.2 Å². The summed E-state index contributed by atoms with van der Waals surface area (Å²) in [6.07, 6.45) is 3.07. The maximum Gasteiger partial charge on any atom is 0.222 e. The molecule has 6 nitrogen and oxygen atoms in total. The summed E-state index contributed by atoms with van der Waals surface area (Å²) in [7, 11) is 5.09. The number of aliphatic hydroxyl groups excluding tert-OH is 1. The highest BCUT2D eigenvalue weighted by atomic mass is 16.5. The van der Waals surface area contributed by atoms with Gasteiger partial charge in [-0.05, 0) is 23.3 Å². The molecule has 0 aliphatic heterocycles. The van der Waals surface area contributed by atoms with E-state index in [1.165, 1.54) is 0 Å². The fourth-order valence-corrected chi connectivity index (χ4v) is 2.85. The van der Waals surface area contributed by atoms with E-state index >= 15 is 0 Å². The van der Waals surface area contributed by atoms with Crippen molar-refractivity contribution in [3.63, 3.8) is 0 Å². The van der Waals surface area contributed by atoms with E-state index in [1.54, 1.807) is 32.2 Å². The average Bonchev–Trinajstić information content (AvgIpc) is 2.78. The topological polar surface area (TPSA) is 68.2 Å². The zero-order chi connectivity index (χ0) is 22.5. The monoisotopic (exact) mass is 427 g/mol. The van der Waals surface area contributed by atoms with Gasteiger partial charge in [-0.15, -0.1) is 0 Å². The van der Waals surface area contributed by atoms with Crippen LogP contribution < -0.4 is 4.74 Å². The Hall–Kier alpha value is -2.67. The smallest absolute Gasteiger partial charge is 0.222 e. The summed E-state index contributed by atoms with van der Waals surface area (Å²) in [5, 5.41) is 10.2. The fourth-order valence-electron chi connectivity index (χ4n) is 2.85. The van der Waals surface area contributed by atoms with E-state index in [0.717, 1.165) is 16.9 Å². The summed E-state index contributed by atoms with van der Waals surface area (Å²) in [4.78, 5) is 13.7. The number of amides is 1. The molecule has 0 aliphatic carbocycles. The molecule has 31 heavy (non-hydrogen) atoms. The summed E-state index contributed by atoms with van der Waals surface area (Å²) >= 11 is 0. The number of hydrogen-bond donors (Lipinski definition) is 1. The Morgan fingerprint density at radius 2 is 1.55 bits per heavy atom. The molecule has 0 heterocycles. The second-order valence-electron chi connectivity index (χ2n) is 7.57. The Balaban J connectivity index is 1.81. The summed E-state index contributed by atoms with van der Waals surface area (Å²) in [5.41, 5.74) is 2.08. The Morgan fingerprint density at radius 1 is 0.935 bits per heavy atom. The second kappa shape index (κ2) is 13.6. The van der Waals surface area contributed by atoms with Gasteiger partial charge in [0.25, 0.3) is 0 Å². The van der Waals surface area contributed by atoms with Crippen LogP contribution in [0.3, 0.4) is 0 Å². The number of aliphatic hydroxyl groups is 1. The molecule has 0 bridgehead atoms. The Bertz CT molecular complexity index is 789. The van der Waals surface area contributed by atoms with Crippen LogP contribution >= 0.6 is 0 Å². The lowest BCUT2D eigenvalue weighted by Gasteiger charge is -2.17. The molecular formula is C25H33NO5. The number of carbonyl (C=O) groups is 1. The molecule has 0 aromatic heterocycles. The molecule has 168 valence electrons. The average molecular weight is 428 g/mol. The minimum absolute atomic E-state index is 0.0169. The van der Waals surface area contributed by atoms with Gasteiger partial charge in [0.15, 0.2) is 0 Å². The van der Waals surface area contributed by atoms with E-state index in [-0.39, 0.29) is 18.4 Å². The van der Waals surface area contributed by atoms with Crippen LogP contribution in [0.1, 0.15) is 17.5 Å². The molecule has 2 rings (SSSR count). The first-order valence-electron chi connectivity index (χ1n) is 10.4. The van der Waals surface area contributed by atoms with Crippen molar-refractivity contribution in [2.75, 3.05) is 34.4 Å². The standard InChI is InChI=1S/C25H33NO5/c1-26(2)25(28)15-22(18-30-16-20-7-5-4-6-8-20)9-12-23(27)19-31-17-21-10-13-24(29-3)14-11-21/h4-14,22-23,27H,15-19H2,1-3H3/b12-9+/t22-,23-/m1/s1. The highest BCUT2D eigenvalue weighted by molar-refractivity contribution is 5.76. The van der Waals surface area contributed by atoms with Crippen molar-refractivity contribution in [1.82, 2.24) is 4.90 Å². The number of ether oxygens (including phenoxy) is 3. The van der Waals surface area contributed by atoms with Crippen LogP contribution in [-0.4, -0.2) is 56.4 Å². The molecule has 2 aromatic carbocycles. The fraction of sp³-hybridized carbons (Fsp3) is 0.400. The van der Waals surface area contributed by atoms with Crippen LogP contribution in [0.15, 0.2) is 66.7 Å². The third-order valence-corrected chi connectivity index (χ3v) is 4.70. The molecule has 0 fully saturated rings. The summed E-state index contributed by atoms with van der Waals surface area (Å²) in [6, 6.07) is 17.5. The van der Waals surface area contributed by atoms with Gasteiger partial charge in [0.05, 0.1) is 39.6 Å². The van der Waals surface area contributed by atoms with E-state index in [2.05, 4.69) is 0 Å². The van der Waals surface area contributed by atoms with E-state index in [0.29, 0.717) is 26.2 Å². The number of rotatable bonds is 13. The molecule has 6 heteroatoms. The van der Waals surface area contributed by atoms with Gasteiger partial charge in [-0.1, -0.05) is 54.6 Å². The summed E-state index contributed by atoms with van der Waals surface area (Å²) in [6.45, 7) is 1.44.